The average Bonchev–Trinajstić information content (AvgIpc) is 3.27. The second-order valence-electron chi connectivity index (χ2n) is 9.68. The van der Waals surface area contributed by atoms with E-state index in [9.17, 15) is 4.79 Å². The van der Waals surface area contributed by atoms with Gasteiger partial charge in [0.2, 0.25) is 0 Å². The minimum Gasteiger partial charge on any atom is -0.493 e. The fraction of sp³-hybridized carbons (Fsp3) is 0.615. The molecule has 1 amide bonds. The lowest BCUT2D eigenvalue weighted by molar-refractivity contribution is -0.120. The van der Waals surface area contributed by atoms with Crippen LogP contribution in [-0.2, 0) is 16.2 Å². The van der Waals surface area contributed by atoms with Crippen LogP contribution in [0, 0.1) is 0 Å². The Balaban J connectivity index is 1.26. The summed E-state index contributed by atoms with van der Waals surface area (Å²) >= 11 is 5.74. The molecule has 1 aromatic carbocycles. The number of carbonyl (C=O) groups excluding carboxylic acids is 1. The number of ether oxygens (including phenoxy) is 2. The van der Waals surface area contributed by atoms with Gasteiger partial charge in [-0.3, -0.25) is 15.1 Å². The molecule has 9 heteroatoms. The van der Waals surface area contributed by atoms with Gasteiger partial charge in [-0.1, -0.05) is 38.2 Å². The summed E-state index contributed by atoms with van der Waals surface area (Å²) in [5.41, 5.74) is 3.76. The van der Waals surface area contributed by atoms with Crippen LogP contribution in [0.2, 0.25) is 0 Å². The average molecular weight is 503 g/mol. The van der Waals surface area contributed by atoms with Gasteiger partial charge in [0.25, 0.3) is 5.91 Å². The first-order chi connectivity index (χ1) is 17.0. The zero-order valence-electron chi connectivity index (χ0n) is 20.9. The minimum absolute atomic E-state index is 0.194. The standard InChI is InChI=1S/C26H38N4O4S/c1-32-22-11-10-19(16-23(22)33-2)18-27-24(31)21-17-26(34-29-21)12-14-30(15-13-26)25(35)28-20-8-6-4-3-5-7-9-20/h10-11,16-17,20,29H,3-9,12-15,18H2,1-2H3,(H,27,31)(H,28,35). The van der Waals surface area contributed by atoms with Crippen LogP contribution in [0.4, 0.5) is 0 Å². The van der Waals surface area contributed by atoms with Gasteiger partial charge in [-0.15, -0.1) is 0 Å². The number of amides is 1. The molecular formula is C26H38N4O4S. The first kappa shape index (κ1) is 25.6. The Morgan fingerprint density at radius 2 is 1.80 bits per heavy atom. The summed E-state index contributed by atoms with van der Waals surface area (Å²) in [7, 11) is 3.19. The quantitative estimate of drug-likeness (QED) is 0.510. The van der Waals surface area contributed by atoms with E-state index in [2.05, 4.69) is 21.0 Å². The van der Waals surface area contributed by atoms with Gasteiger partial charge >= 0.3 is 0 Å². The monoisotopic (exact) mass is 502 g/mol. The van der Waals surface area contributed by atoms with E-state index in [1.165, 1.54) is 44.9 Å². The highest BCUT2D eigenvalue weighted by Gasteiger charge is 2.40. The Kier molecular flexibility index (Phi) is 8.73. The van der Waals surface area contributed by atoms with E-state index in [-0.39, 0.29) is 5.91 Å². The fourth-order valence-electron chi connectivity index (χ4n) is 5.06. The predicted octanol–water partition coefficient (Wildman–Crippen LogP) is 3.56. The smallest absolute Gasteiger partial charge is 0.269 e. The topological polar surface area (TPSA) is 84.1 Å². The number of likely N-dealkylation sites (tertiary alicyclic amines) is 1. The third kappa shape index (κ3) is 6.58. The zero-order valence-corrected chi connectivity index (χ0v) is 21.7. The molecular weight excluding hydrogens is 464 g/mol. The van der Waals surface area contributed by atoms with E-state index in [0.717, 1.165) is 36.6 Å². The summed E-state index contributed by atoms with van der Waals surface area (Å²) in [5, 5.41) is 7.42. The van der Waals surface area contributed by atoms with E-state index in [1.54, 1.807) is 14.2 Å². The molecule has 35 heavy (non-hydrogen) atoms. The van der Waals surface area contributed by atoms with Gasteiger partial charge in [0.1, 0.15) is 11.3 Å². The number of thiocarbonyl (C=S) groups is 1. The maximum Gasteiger partial charge on any atom is 0.269 e. The molecule has 1 saturated carbocycles. The van der Waals surface area contributed by atoms with Gasteiger partial charge in [0.15, 0.2) is 16.6 Å². The van der Waals surface area contributed by atoms with Crippen LogP contribution in [-0.4, -0.2) is 54.9 Å². The van der Waals surface area contributed by atoms with Crippen molar-refractivity contribution in [3.05, 3.63) is 35.5 Å². The number of rotatable bonds is 6. The van der Waals surface area contributed by atoms with Crippen molar-refractivity contribution in [3.63, 3.8) is 0 Å². The molecule has 8 nitrogen and oxygen atoms in total. The number of benzene rings is 1. The van der Waals surface area contributed by atoms with Crippen LogP contribution in [0.3, 0.4) is 0 Å². The summed E-state index contributed by atoms with van der Waals surface area (Å²) in [6, 6.07) is 6.08. The largest absolute Gasteiger partial charge is 0.493 e. The summed E-state index contributed by atoms with van der Waals surface area (Å²) in [5.74, 6) is 1.10. The molecule has 0 radical (unpaired) electrons. The first-order valence-corrected chi connectivity index (χ1v) is 13.1. The summed E-state index contributed by atoms with van der Waals surface area (Å²) in [6.07, 6.45) is 12.5. The molecule has 1 aliphatic carbocycles. The van der Waals surface area contributed by atoms with Crippen molar-refractivity contribution in [2.45, 2.75) is 76.0 Å². The van der Waals surface area contributed by atoms with Gasteiger partial charge in [0, 0.05) is 38.5 Å². The number of hydroxylamine groups is 1. The molecule has 192 valence electrons. The van der Waals surface area contributed by atoms with E-state index in [0.29, 0.717) is 29.8 Å². The predicted molar refractivity (Wildman–Crippen MR) is 139 cm³/mol. The van der Waals surface area contributed by atoms with Crippen LogP contribution < -0.4 is 25.6 Å². The van der Waals surface area contributed by atoms with Crippen LogP contribution in [0.15, 0.2) is 30.0 Å². The van der Waals surface area contributed by atoms with Crippen molar-refractivity contribution in [1.29, 1.82) is 0 Å². The van der Waals surface area contributed by atoms with Crippen molar-refractivity contribution in [2.24, 2.45) is 0 Å². The molecule has 4 rings (SSSR count). The lowest BCUT2D eigenvalue weighted by atomic mass is 9.91. The van der Waals surface area contributed by atoms with Crippen LogP contribution >= 0.6 is 12.2 Å². The fourth-order valence-corrected chi connectivity index (χ4v) is 5.41. The molecule has 3 N–H and O–H groups in total. The Morgan fingerprint density at radius 1 is 1.11 bits per heavy atom. The van der Waals surface area contributed by atoms with Gasteiger partial charge in [-0.25, -0.2) is 0 Å². The van der Waals surface area contributed by atoms with Gasteiger partial charge in [0.05, 0.1) is 14.2 Å². The van der Waals surface area contributed by atoms with Crippen LogP contribution in [0.5, 0.6) is 11.5 Å². The molecule has 0 unspecified atom stereocenters. The molecule has 1 spiro atoms. The Labute approximate surface area is 213 Å². The van der Waals surface area contributed by atoms with Gasteiger partial charge in [-0.05, 0) is 48.8 Å². The van der Waals surface area contributed by atoms with E-state index in [1.807, 2.05) is 24.3 Å². The third-order valence-electron chi connectivity index (χ3n) is 7.25. The second-order valence-corrected chi connectivity index (χ2v) is 10.1. The summed E-state index contributed by atoms with van der Waals surface area (Å²) < 4.78 is 10.6. The van der Waals surface area contributed by atoms with Crippen LogP contribution in [0.1, 0.15) is 63.4 Å². The molecule has 2 heterocycles. The number of hydrogen-bond donors (Lipinski definition) is 3. The molecule has 1 aromatic rings. The molecule has 2 fully saturated rings. The van der Waals surface area contributed by atoms with Crippen molar-refractivity contribution >= 4 is 23.2 Å². The van der Waals surface area contributed by atoms with Crippen LogP contribution in [0.25, 0.3) is 0 Å². The van der Waals surface area contributed by atoms with E-state index in [4.69, 9.17) is 26.5 Å². The Bertz CT molecular complexity index is 922. The normalized spacial score (nSPS) is 20.3. The SMILES string of the molecule is COc1ccc(CNC(=O)C2=CC3(CCN(C(=S)NC4CCCCCCC4)CC3)ON2)cc1OC. The maximum absolute atomic E-state index is 12.7. The summed E-state index contributed by atoms with van der Waals surface area (Å²) in [4.78, 5) is 20.9. The summed E-state index contributed by atoms with van der Waals surface area (Å²) in [6.45, 7) is 1.98. The molecule has 1 saturated heterocycles. The number of carbonyl (C=O) groups is 1. The maximum atomic E-state index is 12.7. The lowest BCUT2D eigenvalue weighted by Gasteiger charge is -2.39. The Morgan fingerprint density at radius 3 is 2.49 bits per heavy atom. The Hall–Kier alpha value is -2.52. The molecule has 0 atom stereocenters. The molecule has 3 aliphatic rings. The van der Waals surface area contributed by atoms with E-state index < -0.39 is 5.60 Å². The highest BCUT2D eigenvalue weighted by molar-refractivity contribution is 7.80. The molecule has 2 aliphatic heterocycles. The minimum atomic E-state index is -0.470. The third-order valence-corrected chi connectivity index (χ3v) is 7.62. The van der Waals surface area contributed by atoms with Crippen molar-refractivity contribution in [1.82, 2.24) is 21.0 Å². The number of methoxy groups -OCH3 is 2. The van der Waals surface area contributed by atoms with E-state index >= 15 is 0 Å². The van der Waals surface area contributed by atoms with Crippen molar-refractivity contribution < 1.29 is 19.1 Å². The highest BCUT2D eigenvalue weighted by Crippen LogP contribution is 2.32. The first-order valence-electron chi connectivity index (χ1n) is 12.7. The van der Waals surface area contributed by atoms with Crippen molar-refractivity contribution in [2.75, 3.05) is 27.3 Å². The van der Waals surface area contributed by atoms with Gasteiger partial charge < -0.3 is 25.0 Å². The second kappa shape index (κ2) is 11.9. The number of piperidine rings is 1. The zero-order chi connectivity index (χ0) is 24.7. The van der Waals surface area contributed by atoms with Gasteiger partial charge in [-0.2, -0.15) is 0 Å². The molecule has 0 bridgehead atoms. The highest BCUT2D eigenvalue weighted by atomic mass is 32.1. The molecule has 0 aromatic heterocycles. The number of hydrogen-bond acceptors (Lipinski definition) is 6. The number of nitrogens with one attached hydrogen (secondary N) is 3. The van der Waals surface area contributed by atoms with Crippen molar-refractivity contribution in [3.8, 4) is 11.5 Å². The number of nitrogens with zero attached hydrogens (tertiary/aromatic N) is 1. The lowest BCUT2D eigenvalue weighted by Crippen LogP contribution is -2.51.